The fraction of sp³-hybridized carbons (Fsp3) is 0.667. The topological polar surface area (TPSA) is 148 Å². The molecule has 252 valence electrons. The van der Waals surface area contributed by atoms with Crippen LogP contribution in [-0.2, 0) is 20.7 Å². The van der Waals surface area contributed by atoms with E-state index in [2.05, 4.69) is 31.2 Å². The lowest BCUT2D eigenvalue weighted by molar-refractivity contribution is -0.283. The summed E-state index contributed by atoms with van der Waals surface area (Å²) in [5.41, 5.74) is 1.14. The summed E-state index contributed by atoms with van der Waals surface area (Å²) < 4.78 is 6.00. The SMILES string of the molecule is CC[C@@H](C/C=C/C/C=C/C[C@@H](C)[C@H](O)[C@@H](C)[C@@H]1CC[C@@H](C)[C@](O)(C(=O)C(O)N2CCCC[C@H]2C(=O)O)O1)Cc1cccc(O)c1. The number of phenols is 1. The smallest absolute Gasteiger partial charge is 0.321 e. The Hall–Kier alpha value is -2.56. The molecule has 2 fully saturated rings. The lowest BCUT2D eigenvalue weighted by Gasteiger charge is -2.46. The Bertz CT molecular complexity index is 1150. The number of carbonyl (C=O) groups excluding carboxylic acids is 1. The number of allylic oxidation sites excluding steroid dienone is 4. The number of Topliss-reactive ketones (excluding diaryl/α,β-unsaturated/α-hetero) is 1. The van der Waals surface area contributed by atoms with E-state index in [4.69, 9.17) is 4.74 Å². The normalized spacial score (nSPS) is 28.1. The van der Waals surface area contributed by atoms with Crippen LogP contribution >= 0.6 is 0 Å². The molecule has 0 aliphatic carbocycles. The van der Waals surface area contributed by atoms with E-state index >= 15 is 0 Å². The number of nitrogens with zero attached hydrogens (tertiary/aromatic N) is 1. The zero-order valence-corrected chi connectivity index (χ0v) is 27.4. The lowest BCUT2D eigenvalue weighted by atomic mass is 9.80. The molecule has 1 unspecified atom stereocenters. The number of ether oxygens (including phenoxy) is 1. The highest BCUT2D eigenvalue weighted by molar-refractivity contribution is 5.90. The molecule has 2 aliphatic heterocycles. The maximum Gasteiger partial charge on any atom is 0.321 e. The van der Waals surface area contributed by atoms with Crippen LogP contribution in [0.3, 0.4) is 0 Å². The highest BCUT2D eigenvalue weighted by Crippen LogP contribution is 2.39. The minimum absolute atomic E-state index is 0.0889. The standard InChI is InChI=1S/C36H55NO8/c1-5-27(22-28-16-13-17-29(38)23-28)15-10-8-6-7-9-14-24(2)32(39)26(4)31-20-19-25(3)36(44,45-31)33(40)34(41)37-21-12-11-18-30(37)35(42)43/h7-10,13,16-17,23-27,30-32,34,38-39,41,44H,5-6,11-12,14-15,18-22H2,1-4H3,(H,42,43)/b9-7+,10-8+/t24-,25-,26+,27+,30+,31+,32+,34?,36-/m1/s1. The summed E-state index contributed by atoms with van der Waals surface area (Å²) >= 11 is 0. The van der Waals surface area contributed by atoms with Crippen LogP contribution in [0.1, 0.15) is 91.0 Å². The van der Waals surface area contributed by atoms with Crippen molar-refractivity contribution in [2.24, 2.45) is 23.7 Å². The first-order valence-corrected chi connectivity index (χ1v) is 16.8. The van der Waals surface area contributed by atoms with Gasteiger partial charge in [0.05, 0.1) is 12.2 Å². The van der Waals surface area contributed by atoms with Crippen molar-refractivity contribution in [3.05, 3.63) is 54.1 Å². The van der Waals surface area contributed by atoms with Crippen molar-refractivity contribution in [2.45, 2.75) is 122 Å². The van der Waals surface area contributed by atoms with Gasteiger partial charge in [-0.25, -0.2) is 0 Å². The summed E-state index contributed by atoms with van der Waals surface area (Å²) in [6, 6.07) is 6.44. The highest BCUT2D eigenvalue weighted by atomic mass is 16.6. The van der Waals surface area contributed by atoms with Gasteiger partial charge in [0.15, 0.2) is 6.23 Å². The number of aliphatic hydroxyl groups is 3. The van der Waals surface area contributed by atoms with Crippen LogP contribution in [0.4, 0.5) is 0 Å². The van der Waals surface area contributed by atoms with E-state index in [1.165, 1.54) is 4.90 Å². The second kappa shape index (κ2) is 17.4. The number of carbonyl (C=O) groups is 2. The second-order valence-corrected chi connectivity index (χ2v) is 13.3. The first-order chi connectivity index (χ1) is 21.4. The highest BCUT2D eigenvalue weighted by Gasteiger charge is 2.53. The van der Waals surface area contributed by atoms with Gasteiger partial charge in [0.25, 0.3) is 0 Å². The van der Waals surface area contributed by atoms with Crippen LogP contribution in [0.2, 0.25) is 0 Å². The van der Waals surface area contributed by atoms with Gasteiger partial charge in [-0.15, -0.1) is 0 Å². The zero-order chi connectivity index (χ0) is 33.1. The number of hydrogen-bond donors (Lipinski definition) is 5. The monoisotopic (exact) mass is 629 g/mol. The van der Waals surface area contributed by atoms with Gasteiger partial charge in [-0.1, -0.05) is 77.0 Å². The first kappa shape index (κ1) is 36.9. The number of likely N-dealkylation sites (tertiary alicyclic amines) is 1. The predicted molar refractivity (Wildman–Crippen MR) is 173 cm³/mol. The third-order valence-corrected chi connectivity index (χ3v) is 9.92. The molecule has 2 heterocycles. The molecular formula is C36H55NO8. The number of hydrogen-bond acceptors (Lipinski definition) is 8. The summed E-state index contributed by atoms with van der Waals surface area (Å²) in [5, 5.41) is 52.8. The Morgan fingerprint density at radius 1 is 1.07 bits per heavy atom. The molecule has 5 N–H and O–H groups in total. The molecule has 9 nitrogen and oxygen atoms in total. The molecule has 0 amide bonds. The molecule has 1 aromatic rings. The van der Waals surface area contributed by atoms with Gasteiger partial charge in [-0.05, 0) is 80.9 Å². The molecule has 2 aliphatic rings. The Labute approximate surface area is 268 Å². The molecule has 9 atom stereocenters. The van der Waals surface area contributed by atoms with Crippen LogP contribution < -0.4 is 0 Å². The molecule has 1 aromatic carbocycles. The van der Waals surface area contributed by atoms with Crippen LogP contribution in [0.25, 0.3) is 0 Å². The summed E-state index contributed by atoms with van der Waals surface area (Å²) in [6.45, 7) is 7.92. The van der Waals surface area contributed by atoms with Gasteiger partial charge >= 0.3 is 5.97 Å². The van der Waals surface area contributed by atoms with Crippen molar-refractivity contribution >= 4 is 11.8 Å². The quantitative estimate of drug-likeness (QED) is 0.156. The van der Waals surface area contributed by atoms with Crippen molar-refractivity contribution in [2.75, 3.05) is 6.54 Å². The fourth-order valence-electron chi connectivity index (χ4n) is 6.69. The van der Waals surface area contributed by atoms with Crippen LogP contribution in [0.5, 0.6) is 5.75 Å². The van der Waals surface area contributed by atoms with Gasteiger partial charge < -0.3 is 30.3 Å². The van der Waals surface area contributed by atoms with Crippen molar-refractivity contribution < 1.29 is 39.9 Å². The van der Waals surface area contributed by atoms with E-state index in [0.29, 0.717) is 50.2 Å². The lowest BCUT2D eigenvalue weighted by Crippen LogP contribution is -2.63. The molecule has 0 radical (unpaired) electrons. The molecule has 2 saturated heterocycles. The second-order valence-electron chi connectivity index (χ2n) is 13.3. The number of piperidine rings is 1. The molecule has 45 heavy (non-hydrogen) atoms. The number of phenolic OH excluding ortho intramolecular Hbond substituents is 1. The van der Waals surface area contributed by atoms with Crippen LogP contribution in [-0.4, -0.2) is 79.0 Å². The third kappa shape index (κ3) is 9.96. The summed E-state index contributed by atoms with van der Waals surface area (Å²) in [7, 11) is 0. The van der Waals surface area contributed by atoms with E-state index in [-0.39, 0.29) is 18.4 Å². The van der Waals surface area contributed by atoms with Gasteiger partial charge in [-0.3, -0.25) is 14.5 Å². The molecule has 0 bridgehead atoms. The summed E-state index contributed by atoms with van der Waals surface area (Å²) in [4.78, 5) is 26.4. The number of carboxylic acids is 1. The number of aliphatic hydroxyl groups excluding tert-OH is 2. The van der Waals surface area contributed by atoms with E-state index in [1.807, 2.05) is 32.0 Å². The Kier molecular flexibility index (Phi) is 14.3. The number of aromatic hydroxyl groups is 1. The maximum absolute atomic E-state index is 13.4. The van der Waals surface area contributed by atoms with E-state index in [0.717, 1.165) is 31.2 Å². The zero-order valence-electron chi connectivity index (χ0n) is 27.4. The number of rotatable bonds is 16. The maximum atomic E-state index is 13.4. The van der Waals surface area contributed by atoms with E-state index in [1.54, 1.807) is 13.0 Å². The number of benzene rings is 1. The average molecular weight is 630 g/mol. The van der Waals surface area contributed by atoms with E-state index in [9.17, 15) is 35.1 Å². The van der Waals surface area contributed by atoms with Crippen LogP contribution in [0, 0.1) is 23.7 Å². The Morgan fingerprint density at radius 2 is 1.78 bits per heavy atom. The van der Waals surface area contributed by atoms with Crippen molar-refractivity contribution in [3.63, 3.8) is 0 Å². The Balaban J connectivity index is 1.49. The van der Waals surface area contributed by atoms with Gasteiger partial charge in [-0.2, -0.15) is 0 Å². The Morgan fingerprint density at radius 3 is 2.44 bits per heavy atom. The minimum atomic E-state index is -2.27. The molecule has 9 heteroatoms. The van der Waals surface area contributed by atoms with Gasteiger partial charge in [0.1, 0.15) is 11.8 Å². The van der Waals surface area contributed by atoms with E-state index < -0.39 is 47.9 Å². The largest absolute Gasteiger partial charge is 0.508 e. The van der Waals surface area contributed by atoms with Crippen molar-refractivity contribution in [3.8, 4) is 5.75 Å². The van der Waals surface area contributed by atoms with Crippen LogP contribution in [0.15, 0.2) is 48.6 Å². The van der Waals surface area contributed by atoms with Gasteiger partial charge in [0, 0.05) is 18.4 Å². The molecule has 0 saturated carbocycles. The molecule has 3 rings (SSSR count). The fourth-order valence-corrected chi connectivity index (χ4v) is 6.69. The van der Waals surface area contributed by atoms with Gasteiger partial charge in [0.2, 0.25) is 11.6 Å². The number of carboxylic acid groups (broad SMARTS) is 1. The van der Waals surface area contributed by atoms with Crippen molar-refractivity contribution in [1.82, 2.24) is 4.90 Å². The predicted octanol–water partition coefficient (Wildman–Crippen LogP) is 5.21. The molecule has 0 aromatic heterocycles. The van der Waals surface area contributed by atoms with Crippen molar-refractivity contribution in [1.29, 1.82) is 0 Å². The first-order valence-electron chi connectivity index (χ1n) is 16.8. The third-order valence-electron chi connectivity index (χ3n) is 9.92. The summed E-state index contributed by atoms with van der Waals surface area (Å²) in [5.74, 6) is -4.57. The average Bonchev–Trinajstić information content (AvgIpc) is 3.03. The molecular weight excluding hydrogens is 574 g/mol. The number of ketones is 1. The minimum Gasteiger partial charge on any atom is -0.508 e. The number of aliphatic carboxylic acids is 1. The summed E-state index contributed by atoms with van der Waals surface area (Å²) in [6.07, 6.45) is 12.5. The molecule has 0 spiro atoms.